The summed E-state index contributed by atoms with van der Waals surface area (Å²) in [5.74, 6) is -0.346. The highest BCUT2D eigenvalue weighted by atomic mass is 32.1. The lowest BCUT2D eigenvalue weighted by molar-refractivity contribution is -0.123. The van der Waals surface area contributed by atoms with Crippen molar-refractivity contribution in [3.05, 3.63) is 40.9 Å². The van der Waals surface area contributed by atoms with E-state index in [-0.39, 0.29) is 11.8 Å². The van der Waals surface area contributed by atoms with E-state index < -0.39 is 5.41 Å². The lowest BCUT2D eigenvalue weighted by Gasteiger charge is -2.17. The van der Waals surface area contributed by atoms with Crippen LogP contribution >= 0.6 is 11.3 Å². The second-order valence-corrected chi connectivity index (χ2v) is 7.25. The monoisotopic (exact) mass is 317 g/mol. The number of hydrogen-bond acceptors (Lipinski definition) is 4. The molecule has 0 saturated carbocycles. The molecule has 0 aliphatic heterocycles. The third-order valence-electron chi connectivity index (χ3n) is 2.91. The molecule has 0 spiro atoms. The maximum atomic E-state index is 12.2. The summed E-state index contributed by atoms with van der Waals surface area (Å²) >= 11 is 1.42. The van der Waals surface area contributed by atoms with E-state index >= 15 is 0 Å². The number of thiazole rings is 1. The maximum Gasteiger partial charge on any atom is 0.257 e. The van der Waals surface area contributed by atoms with Gasteiger partial charge in [0.15, 0.2) is 5.13 Å². The van der Waals surface area contributed by atoms with E-state index in [1.54, 1.807) is 30.5 Å². The number of nitrogens with one attached hydrogen (secondary N) is 2. The van der Waals surface area contributed by atoms with Crippen LogP contribution in [0.15, 0.2) is 30.5 Å². The van der Waals surface area contributed by atoms with Crippen molar-refractivity contribution >= 4 is 34.0 Å². The van der Waals surface area contributed by atoms with Crippen molar-refractivity contribution in [1.29, 1.82) is 0 Å². The molecule has 0 saturated heterocycles. The quantitative estimate of drug-likeness (QED) is 0.907. The van der Waals surface area contributed by atoms with Crippen LogP contribution in [0.25, 0.3) is 0 Å². The number of nitrogens with zero attached hydrogens (tertiary/aromatic N) is 1. The number of hydrogen-bond donors (Lipinski definition) is 2. The van der Waals surface area contributed by atoms with E-state index in [1.807, 2.05) is 27.7 Å². The summed E-state index contributed by atoms with van der Waals surface area (Å²) in [6.45, 7) is 7.44. The second kappa shape index (κ2) is 6.27. The standard InChI is InChI=1S/C16H19N3O2S/c1-10-9-17-15(22-10)19-13(20)11-6-5-7-12(8-11)18-14(21)16(2,3)4/h5-9H,1-4H3,(H,18,21)(H,17,19,20). The van der Waals surface area contributed by atoms with Gasteiger partial charge in [-0.1, -0.05) is 26.8 Å². The Morgan fingerprint density at radius 3 is 2.50 bits per heavy atom. The number of anilines is 2. The van der Waals surface area contributed by atoms with Crippen LogP contribution in [0.2, 0.25) is 0 Å². The third-order valence-corrected chi connectivity index (χ3v) is 3.73. The molecule has 6 heteroatoms. The number of benzene rings is 1. The summed E-state index contributed by atoms with van der Waals surface area (Å²) in [7, 11) is 0. The van der Waals surface area contributed by atoms with Gasteiger partial charge in [-0.3, -0.25) is 14.9 Å². The van der Waals surface area contributed by atoms with Crippen molar-refractivity contribution in [2.75, 3.05) is 10.6 Å². The van der Waals surface area contributed by atoms with Crippen LogP contribution in [0.4, 0.5) is 10.8 Å². The lowest BCUT2D eigenvalue weighted by Crippen LogP contribution is -2.27. The van der Waals surface area contributed by atoms with Crippen LogP contribution in [-0.2, 0) is 4.79 Å². The van der Waals surface area contributed by atoms with Crippen LogP contribution < -0.4 is 10.6 Å². The fourth-order valence-corrected chi connectivity index (χ4v) is 2.30. The zero-order valence-corrected chi connectivity index (χ0v) is 13.9. The molecule has 0 unspecified atom stereocenters. The Hall–Kier alpha value is -2.21. The van der Waals surface area contributed by atoms with E-state index in [9.17, 15) is 9.59 Å². The van der Waals surface area contributed by atoms with E-state index in [2.05, 4.69) is 15.6 Å². The minimum Gasteiger partial charge on any atom is -0.326 e. The molecule has 0 fully saturated rings. The fraction of sp³-hybridized carbons (Fsp3) is 0.312. The van der Waals surface area contributed by atoms with Crippen LogP contribution in [0.5, 0.6) is 0 Å². The fourth-order valence-electron chi connectivity index (χ4n) is 1.64. The van der Waals surface area contributed by atoms with Crippen molar-refractivity contribution < 1.29 is 9.59 Å². The molecule has 116 valence electrons. The summed E-state index contributed by atoms with van der Waals surface area (Å²) < 4.78 is 0. The summed E-state index contributed by atoms with van der Waals surface area (Å²) in [5, 5.41) is 6.12. The van der Waals surface area contributed by atoms with Gasteiger partial charge in [-0.15, -0.1) is 11.3 Å². The summed E-state index contributed by atoms with van der Waals surface area (Å²) in [6.07, 6.45) is 1.71. The van der Waals surface area contributed by atoms with Gasteiger partial charge in [0.25, 0.3) is 5.91 Å². The van der Waals surface area contributed by atoms with Crippen LogP contribution in [0.3, 0.4) is 0 Å². The molecule has 2 N–H and O–H groups in total. The smallest absolute Gasteiger partial charge is 0.257 e. The highest BCUT2D eigenvalue weighted by Gasteiger charge is 2.21. The summed E-state index contributed by atoms with van der Waals surface area (Å²) in [5.41, 5.74) is 0.582. The van der Waals surface area contributed by atoms with Crippen LogP contribution in [0.1, 0.15) is 36.0 Å². The molecule has 2 rings (SSSR count). The number of aryl methyl sites for hydroxylation is 1. The summed E-state index contributed by atoms with van der Waals surface area (Å²) in [6, 6.07) is 6.84. The van der Waals surface area contributed by atoms with Crippen LogP contribution in [0, 0.1) is 12.3 Å². The van der Waals surface area contributed by atoms with E-state index in [4.69, 9.17) is 0 Å². The predicted octanol–water partition coefficient (Wildman–Crippen LogP) is 3.69. The van der Waals surface area contributed by atoms with Gasteiger partial charge in [0.05, 0.1) is 0 Å². The zero-order valence-electron chi connectivity index (χ0n) is 13.1. The first kappa shape index (κ1) is 16.2. The molecule has 1 aromatic heterocycles. The molecule has 0 atom stereocenters. The number of carbonyl (C=O) groups excluding carboxylic acids is 2. The molecule has 5 nitrogen and oxygen atoms in total. The largest absolute Gasteiger partial charge is 0.326 e. The first-order valence-corrected chi connectivity index (χ1v) is 7.72. The van der Waals surface area contributed by atoms with Gasteiger partial charge < -0.3 is 5.32 Å². The van der Waals surface area contributed by atoms with E-state index in [0.29, 0.717) is 16.4 Å². The molecule has 0 bridgehead atoms. The third kappa shape index (κ3) is 4.14. The zero-order chi connectivity index (χ0) is 16.3. The van der Waals surface area contributed by atoms with Gasteiger partial charge in [-0.05, 0) is 25.1 Å². The Labute approximate surface area is 133 Å². The highest BCUT2D eigenvalue weighted by molar-refractivity contribution is 7.15. The molecule has 0 aliphatic rings. The van der Waals surface area contributed by atoms with Crippen molar-refractivity contribution in [3.63, 3.8) is 0 Å². The van der Waals surface area contributed by atoms with E-state index in [0.717, 1.165) is 4.88 Å². The molecule has 2 aromatic rings. The second-order valence-electron chi connectivity index (χ2n) is 6.02. The molecule has 2 amide bonds. The Kier molecular flexibility index (Phi) is 4.61. The highest BCUT2D eigenvalue weighted by Crippen LogP contribution is 2.20. The molecule has 1 aromatic carbocycles. The van der Waals surface area contributed by atoms with Gasteiger partial charge in [0, 0.05) is 27.7 Å². The SMILES string of the molecule is Cc1cnc(NC(=O)c2cccc(NC(=O)C(C)(C)C)c2)s1. The first-order valence-electron chi connectivity index (χ1n) is 6.91. The Balaban J connectivity index is 2.11. The van der Waals surface area contributed by atoms with Crippen molar-refractivity contribution in [2.24, 2.45) is 5.41 Å². The Bertz CT molecular complexity index is 701. The van der Waals surface area contributed by atoms with Gasteiger partial charge in [-0.2, -0.15) is 0 Å². The Morgan fingerprint density at radius 2 is 1.91 bits per heavy atom. The minimum absolute atomic E-state index is 0.0967. The summed E-state index contributed by atoms with van der Waals surface area (Å²) in [4.78, 5) is 29.3. The molecular formula is C16H19N3O2S. The molecule has 22 heavy (non-hydrogen) atoms. The minimum atomic E-state index is -0.489. The van der Waals surface area contributed by atoms with E-state index in [1.165, 1.54) is 11.3 Å². The number of rotatable bonds is 3. The molecule has 0 radical (unpaired) electrons. The normalized spacial score (nSPS) is 11.1. The number of aromatic nitrogens is 1. The number of carbonyl (C=O) groups is 2. The average Bonchev–Trinajstić information content (AvgIpc) is 2.83. The maximum absolute atomic E-state index is 12.2. The predicted molar refractivity (Wildman–Crippen MR) is 89.3 cm³/mol. The molecular weight excluding hydrogens is 298 g/mol. The van der Waals surface area contributed by atoms with Crippen molar-refractivity contribution in [3.8, 4) is 0 Å². The lowest BCUT2D eigenvalue weighted by atomic mass is 9.95. The average molecular weight is 317 g/mol. The Morgan fingerprint density at radius 1 is 1.18 bits per heavy atom. The van der Waals surface area contributed by atoms with Crippen LogP contribution in [-0.4, -0.2) is 16.8 Å². The van der Waals surface area contributed by atoms with Gasteiger partial charge in [-0.25, -0.2) is 4.98 Å². The first-order chi connectivity index (χ1) is 10.3. The van der Waals surface area contributed by atoms with Gasteiger partial charge in [0.1, 0.15) is 0 Å². The van der Waals surface area contributed by atoms with Crippen molar-refractivity contribution in [2.45, 2.75) is 27.7 Å². The van der Waals surface area contributed by atoms with Gasteiger partial charge >= 0.3 is 0 Å². The van der Waals surface area contributed by atoms with Crippen molar-refractivity contribution in [1.82, 2.24) is 4.98 Å². The van der Waals surface area contributed by atoms with Gasteiger partial charge in [0.2, 0.25) is 5.91 Å². The number of amides is 2. The topological polar surface area (TPSA) is 71.1 Å². The molecule has 0 aliphatic carbocycles. The molecule has 1 heterocycles.